The Bertz CT molecular complexity index is 1040. The average molecular weight is 484 g/mol. The lowest BCUT2D eigenvalue weighted by Crippen LogP contribution is -2.45. The van der Waals surface area contributed by atoms with Crippen LogP contribution in [0.5, 0.6) is 0 Å². The highest BCUT2D eigenvalue weighted by Gasteiger charge is 2.39. The summed E-state index contributed by atoms with van der Waals surface area (Å²) >= 11 is 0.722. The first-order chi connectivity index (χ1) is 14.3. The summed E-state index contributed by atoms with van der Waals surface area (Å²) in [5.74, 6) is -1.05. The van der Waals surface area contributed by atoms with Crippen LogP contribution in [0.3, 0.4) is 0 Å². The lowest BCUT2D eigenvalue weighted by molar-refractivity contribution is -0.140. The van der Waals surface area contributed by atoms with Gasteiger partial charge in [0.05, 0.1) is 11.1 Å². The minimum Gasteiger partial charge on any atom is -0.351 e. The standard InChI is InChI=1S/C16H21F4N7O2S2/c1-26(2)8-11-24-14(16(18,19)20)13(30-11)12-10(17)7-22-15(25-12)23-9-3-5-27(6-4-9)31(21,28)29/h7,9H,3-6,8H2,1-2H3,(H2,21,28,29)(H,22,23,25). The van der Waals surface area contributed by atoms with Crippen molar-refractivity contribution in [3.63, 3.8) is 0 Å². The molecule has 0 aliphatic carbocycles. The highest BCUT2D eigenvalue weighted by Crippen LogP contribution is 2.40. The number of nitrogens with two attached hydrogens (primary N) is 1. The van der Waals surface area contributed by atoms with Crippen LogP contribution in [0, 0.1) is 5.82 Å². The second-order valence-electron chi connectivity index (χ2n) is 7.27. The molecule has 0 spiro atoms. The summed E-state index contributed by atoms with van der Waals surface area (Å²) in [5.41, 5.74) is -1.69. The Morgan fingerprint density at radius 2 is 1.94 bits per heavy atom. The zero-order chi connectivity index (χ0) is 23.0. The summed E-state index contributed by atoms with van der Waals surface area (Å²) in [6.07, 6.45) is -3.21. The molecule has 1 aliphatic rings. The maximum Gasteiger partial charge on any atom is 0.434 e. The van der Waals surface area contributed by atoms with Crippen molar-refractivity contribution in [3.05, 3.63) is 22.7 Å². The smallest absolute Gasteiger partial charge is 0.351 e. The first-order valence-electron chi connectivity index (χ1n) is 9.13. The second kappa shape index (κ2) is 8.90. The van der Waals surface area contributed by atoms with E-state index in [2.05, 4.69) is 20.3 Å². The zero-order valence-electron chi connectivity index (χ0n) is 16.6. The van der Waals surface area contributed by atoms with Crippen LogP contribution >= 0.6 is 11.3 Å². The van der Waals surface area contributed by atoms with Crippen LogP contribution in [-0.2, 0) is 22.9 Å². The molecule has 0 radical (unpaired) electrons. The molecule has 0 aromatic carbocycles. The number of thiazole rings is 1. The molecule has 3 heterocycles. The Hall–Kier alpha value is -1.94. The van der Waals surface area contributed by atoms with E-state index in [0.717, 1.165) is 21.8 Å². The van der Waals surface area contributed by atoms with Gasteiger partial charge in [0.1, 0.15) is 10.7 Å². The van der Waals surface area contributed by atoms with Gasteiger partial charge < -0.3 is 10.2 Å². The van der Waals surface area contributed by atoms with E-state index < -0.39 is 38.5 Å². The van der Waals surface area contributed by atoms with Gasteiger partial charge in [0.15, 0.2) is 11.5 Å². The van der Waals surface area contributed by atoms with Crippen LogP contribution in [0.1, 0.15) is 23.5 Å². The fourth-order valence-corrected chi connectivity index (χ4v) is 5.00. The van der Waals surface area contributed by atoms with Crippen molar-refractivity contribution in [1.82, 2.24) is 24.2 Å². The molecular formula is C16H21F4N7O2S2. The molecule has 1 fully saturated rings. The predicted molar refractivity (Wildman–Crippen MR) is 107 cm³/mol. The number of anilines is 1. The highest BCUT2D eigenvalue weighted by atomic mass is 32.2. The third kappa shape index (κ3) is 5.85. The maximum atomic E-state index is 14.4. The summed E-state index contributed by atoms with van der Waals surface area (Å²) in [6.45, 7) is 0.505. The van der Waals surface area contributed by atoms with Gasteiger partial charge >= 0.3 is 6.18 Å². The number of aromatic nitrogens is 3. The van der Waals surface area contributed by atoms with E-state index in [1.807, 2.05) is 0 Å². The molecule has 31 heavy (non-hydrogen) atoms. The number of halogens is 4. The SMILES string of the molecule is CN(C)Cc1nc(C(F)(F)F)c(-c2nc(NC3CCN(S(N)(=O)=O)CC3)ncc2F)s1. The molecule has 0 amide bonds. The number of piperidine rings is 1. The number of hydrogen-bond acceptors (Lipinski definition) is 8. The quantitative estimate of drug-likeness (QED) is 0.603. The Morgan fingerprint density at radius 1 is 1.29 bits per heavy atom. The van der Waals surface area contributed by atoms with Crippen molar-refractivity contribution in [3.8, 4) is 10.6 Å². The molecule has 1 saturated heterocycles. The zero-order valence-corrected chi connectivity index (χ0v) is 18.3. The molecule has 2 aromatic heterocycles. The van der Waals surface area contributed by atoms with Crippen LogP contribution in [-0.4, -0.2) is 65.8 Å². The molecule has 3 rings (SSSR count). The van der Waals surface area contributed by atoms with E-state index in [1.165, 1.54) is 0 Å². The van der Waals surface area contributed by atoms with Crippen molar-refractivity contribution < 1.29 is 26.0 Å². The van der Waals surface area contributed by atoms with Gasteiger partial charge in [-0.25, -0.2) is 24.5 Å². The van der Waals surface area contributed by atoms with Gasteiger partial charge in [-0.15, -0.1) is 11.3 Å². The molecule has 2 aromatic rings. The van der Waals surface area contributed by atoms with Gasteiger partial charge in [-0.1, -0.05) is 0 Å². The predicted octanol–water partition coefficient (Wildman–Crippen LogP) is 1.90. The van der Waals surface area contributed by atoms with E-state index in [1.54, 1.807) is 19.0 Å². The first kappa shape index (κ1) is 23.7. The van der Waals surface area contributed by atoms with Gasteiger partial charge in [0.2, 0.25) is 5.95 Å². The second-order valence-corrected chi connectivity index (χ2v) is 9.90. The molecule has 9 nitrogen and oxygen atoms in total. The molecule has 3 N–H and O–H groups in total. The van der Waals surface area contributed by atoms with E-state index in [4.69, 9.17) is 5.14 Å². The van der Waals surface area contributed by atoms with Gasteiger partial charge in [0, 0.05) is 25.7 Å². The normalized spacial score (nSPS) is 16.8. The fourth-order valence-electron chi connectivity index (χ4n) is 3.09. The summed E-state index contributed by atoms with van der Waals surface area (Å²) in [4.78, 5) is 12.7. The third-order valence-electron chi connectivity index (χ3n) is 4.50. The molecule has 0 saturated carbocycles. The van der Waals surface area contributed by atoms with Crippen LogP contribution < -0.4 is 10.5 Å². The summed E-state index contributed by atoms with van der Waals surface area (Å²) in [5, 5.41) is 8.21. The maximum absolute atomic E-state index is 14.4. The summed E-state index contributed by atoms with van der Waals surface area (Å²) in [7, 11) is -0.420. The summed E-state index contributed by atoms with van der Waals surface area (Å²) < 4.78 is 78.8. The molecule has 172 valence electrons. The van der Waals surface area contributed by atoms with Gasteiger partial charge in [-0.3, -0.25) is 0 Å². The first-order valence-corrected chi connectivity index (χ1v) is 11.5. The van der Waals surface area contributed by atoms with E-state index >= 15 is 0 Å². The monoisotopic (exact) mass is 483 g/mol. The van der Waals surface area contributed by atoms with Crippen molar-refractivity contribution in [2.24, 2.45) is 5.14 Å². The Morgan fingerprint density at radius 3 is 2.48 bits per heavy atom. The van der Waals surface area contributed by atoms with E-state index in [-0.39, 0.29) is 36.6 Å². The molecule has 15 heteroatoms. The van der Waals surface area contributed by atoms with Crippen molar-refractivity contribution in [2.45, 2.75) is 31.6 Å². The molecule has 1 aliphatic heterocycles. The number of nitrogens with one attached hydrogen (secondary N) is 1. The van der Waals surface area contributed by atoms with E-state index in [9.17, 15) is 26.0 Å². The molecule has 0 unspecified atom stereocenters. The number of nitrogens with zero attached hydrogens (tertiary/aromatic N) is 5. The number of rotatable bonds is 6. The van der Waals surface area contributed by atoms with Crippen LogP contribution in [0.25, 0.3) is 10.6 Å². The number of alkyl halides is 3. The van der Waals surface area contributed by atoms with Crippen LogP contribution in [0.2, 0.25) is 0 Å². The van der Waals surface area contributed by atoms with Crippen molar-refractivity contribution >= 4 is 27.5 Å². The molecule has 0 bridgehead atoms. The van der Waals surface area contributed by atoms with Crippen molar-refractivity contribution in [1.29, 1.82) is 0 Å². The van der Waals surface area contributed by atoms with Gasteiger partial charge in [0.25, 0.3) is 10.2 Å². The van der Waals surface area contributed by atoms with Gasteiger partial charge in [-0.05, 0) is 26.9 Å². The Labute approximate surface area is 180 Å². The fraction of sp³-hybridized carbons (Fsp3) is 0.562. The van der Waals surface area contributed by atoms with Gasteiger partial charge in [-0.2, -0.15) is 25.9 Å². The summed E-state index contributed by atoms with van der Waals surface area (Å²) in [6, 6.07) is -0.246. The lowest BCUT2D eigenvalue weighted by Gasteiger charge is -2.30. The Kier molecular flexibility index (Phi) is 6.81. The highest BCUT2D eigenvalue weighted by molar-refractivity contribution is 7.86. The number of hydrogen-bond donors (Lipinski definition) is 2. The molecule has 0 atom stereocenters. The lowest BCUT2D eigenvalue weighted by atomic mass is 10.1. The van der Waals surface area contributed by atoms with Crippen molar-refractivity contribution in [2.75, 3.05) is 32.5 Å². The largest absolute Gasteiger partial charge is 0.434 e. The minimum absolute atomic E-state index is 0.0545. The van der Waals surface area contributed by atoms with E-state index in [0.29, 0.717) is 12.8 Å². The molecular weight excluding hydrogens is 462 g/mol. The Balaban J connectivity index is 1.86. The average Bonchev–Trinajstić information content (AvgIpc) is 3.06. The third-order valence-corrected chi connectivity index (χ3v) is 6.63. The topological polar surface area (TPSA) is 117 Å². The van der Waals surface area contributed by atoms with Crippen LogP contribution in [0.15, 0.2) is 6.20 Å². The minimum atomic E-state index is -4.78. The van der Waals surface area contributed by atoms with Crippen LogP contribution in [0.4, 0.5) is 23.5 Å².